The van der Waals surface area contributed by atoms with Crippen molar-refractivity contribution in [3.8, 4) is 69.0 Å². The number of benzene rings is 12. The van der Waals surface area contributed by atoms with Gasteiger partial charge in [0.2, 0.25) is 0 Å². The predicted molar refractivity (Wildman–Crippen MR) is 387 cm³/mol. The molecular weight excluding hydrogens is 1310 g/mol. The molecule has 0 unspecified atom stereocenters. The van der Waals surface area contributed by atoms with Crippen molar-refractivity contribution in [1.29, 1.82) is 0 Å². The van der Waals surface area contributed by atoms with E-state index < -0.39 is 17.9 Å². The van der Waals surface area contributed by atoms with Gasteiger partial charge in [-0.2, -0.15) is 0 Å². The van der Waals surface area contributed by atoms with Crippen molar-refractivity contribution < 1.29 is 81.7 Å². The van der Waals surface area contributed by atoms with Crippen molar-refractivity contribution in [2.45, 2.75) is 20.5 Å². The Kier molecular flexibility index (Phi) is 24.5. The zero-order valence-corrected chi connectivity index (χ0v) is 55.5. The van der Waals surface area contributed by atoms with Crippen LogP contribution in [0.5, 0.6) is 69.0 Å². The van der Waals surface area contributed by atoms with E-state index in [0.717, 1.165) is 28.2 Å². The number of hydrogen-bond donors (Lipinski definition) is 5. The first-order valence-corrected chi connectivity index (χ1v) is 31.7. The minimum Gasteiger partial charge on any atom is -0.478 e. The minimum atomic E-state index is -1.01. The summed E-state index contributed by atoms with van der Waals surface area (Å²) in [5, 5.41) is 26.4. The van der Waals surface area contributed by atoms with Gasteiger partial charge in [0, 0.05) is 33.8 Å². The van der Waals surface area contributed by atoms with Crippen molar-refractivity contribution in [2.75, 3.05) is 23.1 Å². The molecular formula is C83H65N3O17. The number of para-hydroxylation sites is 2. The Hall–Kier alpha value is -14.3. The lowest BCUT2D eigenvalue weighted by molar-refractivity contribution is -0.129. The number of amides is 3. The van der Waals surface area contributed by atoms with E-state index in [0.29, 0.717) is 103 Å². The molecule has 12 aromatic carbocycles. The van der Waals surface area contributed by atoms with Crippen molar-refractivity contribution in [3.05, 3.63) is 341 Å². The van der Waals surface area contributed by atoms with Gasteiger partial charge < -0.3 is 64.1 Å². The van der Waals surface area contributed by atoms with Crippen molar-refractivity contribution in [1.82, 2.24) is 0 Å². The first-order chi connectivity index (χ1) is 50.0. The smallest absolute Gasteiger partial charge is 0.337 e. The van der Waals surface area contributed by atoms with E-state index in [1.54, 1.807) is 164 Å². The average molecular weight is 1380 g/mol. The third kappa shape index (κ3) is 21.4. The van der Waals surface area contributed by atoms with Gasteiger partial charge in [0.05, 0.1) is 23.8 Å². The largest absolute Gasteiger partial charge is 0.478 e. The number of hydrogen-bond acceptors (Lipinski definition) is 15. The highest BCUT2D eigenvalue weighted by atomic mass is 16.5. The molecule has 514 valence electrons. The van der Waals surface area contributed by atoms with Crippen LogP contribution in [0.25, 0.3) is 0 Å². The first kappa shape index (κ1) is 71.5. The molecule has 0 saturated heterocycles. The summed E-state index contributed by atoms with van der Waals surface area (Å²) >= 11 is 0. The molecule has 0 aliphatic rings. The van der Waals surface area contributed by atoms with Gasteiger partial charge in [-0.25, -0.2) is 14.4 Å². The highest BCUT2D eigenvalue weighted by molar-refractivity contribution is 6.06. The molecule has 0 spiro atoms. The summed E-state index contributed by atoms with van der Waals surface area (Å²) < 4.78 is 44.3. The number of carboxylic acid groups (broad SMARTS) is 2. The zero-order chi connectivity index (χ0) is 72.5. The van der Waals surface area contributed by atoms with Gasteiger partial charge in [0.1, 0.15) is 75.6 Å². The van der Waals surface area contributed by atoms with Crippen LogP contribution in [-0.4, -0.2) is 59.4 Å². The molecule has 12 aromatic rings. The Morgan fingerprint density at radius 2 is 0.592 bits per heavy atom. The molecule has 3 amide bonds. The Bertz CT molecular complexity index is 4870. The number of carbonyl (C=O) groups excluding carboxylic acids is 5. The number of nitrogens with one attached hydrogen (secondary N) is 3. The van der Waals surface area contributed by atoms with Crippen LogP contribution in [0.4, 0.5) is 17.1 Å². The van der Waals surface area contributed by atoms with Crippen LogP contribution in [0, 0.1) is 13.8 Å². The first-order valence-electron chi connectivity index (χ1n) is 31.7. The highest BCUT2D eigenvalue weighted by Crippen LogP contribution is 2.32. The van der Waals surface area contributed by atoms with E-state index >= 15 is 0 Å². The Morgan fingerprint density at radius 1 is 0.320 bits per heavy atom. The minimum absolute atomic E-state index is 0.161. The van der Waals surface area contributed by atoms with E-state index in [1.165, 1.54) is 31.4 Å². The molecule has 0 heterocycles. The third-order valence-corrected chi connectivity index (χ3v) is 15.0. The topological polar surface area (TPSA) is 270 Å². The maximum Gasteiger partial charge on any atom is 0.337 e. The molecule has 0 saturated carbocycles. The number of aryl methyl sites for hydroxylation is 2. The summed E-state index contributed by atoms with van der Waals surface area (Å²) in [6.45, 7) is 4.36. The number of anilines is 3. The number of aromatic carboxylic acids is 2. The molecule has 20 heteroatoms. The van der Waals surface area contributed by atoms with Crippen molar-refractivity contribution in [3.63, 3.8) is 0 Å². The van der Waals surface area contributed by atoms with Crippen molar-refractivity contribution >= 4 is 59.2 Å². The predicted octanol–water partition coefficient (Wildman–Crippen LogP) is 19.0. The summed E-state index contributed by atoms with van der Waals surface area (Å²) in [6.07, 6.45) is 0. The van der Waals surface area contributed by atoms with Gasteiger partial charge in [-0.15, -0.1) is 0 Å². The quantitative estimate of drug-likeness (QED) is 0.0278. The second kappa shape index (κ2) is 35.3. The van der Waals surface area contributed by atoms with Crippen LogP contribution in [0.3, 0.4) is 0 Å². The monoisotopic (exact) mass is 1380 g/mol. The molecule has 20 nitrogen and oxygen atoms in total. The molecule has 0 aliphatic heterocycles. The lowest BCUT2D eigenvalue weighted by Gasteiger charge is -2.12. The molecule has 0 radical (unpaired) electrons. The van der Waals surface area contributed by atoms with Crippen LogP contribution in [-0.2, 0) is 20.9 Å². The zero-order valence-electron chi connectivity index (χ0n) is 55.5. The van der Waals surface area contributed by atoms with Crippen molar-refractivity contribution in [2.24, 2.45) is 0 Å². The van der Waals surface area contributed by atoms with E-state index in [9.17, 15) is 33.6 Å². The summed E-state index contributed by atoms with van der Waals surface area (Å²) in [5.41, 5.74) is 6.62. The van der Waals surface area contributed by atoms with Gasteiger partial charge in [-0.3, -0.25) is 19.2 Å². The number of rotatable bonds is 24. The summed E-state index contributed by atoms with van der Waals surface area (Å²) in [4.78, 5) is 81.9. The van der Waals surface area contributed by atoms with E-state index in [4.69, 9.17) is 48.1 Å². The molecule has 12 rings (SSSR count). The van der Waals surface area contributed by atoms with Crippen LogP contribution < -0.4 is 44.4 Å². The average Bonchev–Trinajstić information content (AvgIpc) is 0.874. The van der Waals surface area contributed by atoms with Gasteiger partial charge in [-0.05, 0) is 267 Å². The molecule has 0 aromatic heterocycles. The van der Waals surface area contributed by atoms with E-state index in [-0.39, 0.29) is 35.5 Å². The second-order valence-corrected chi connectivity index (χ2v) is 22.4. The number of esters is 1. The Labute approximate surface area is 591 Å². The van der Waals surface area contributed by atoms with Crippen LogP contribution in [0.2, 0.25) is 0 Å². The lowest BCUT2D eigenvalue weighted by Crippen LogP contribution is -2.11. The Balaban J connectivity index is 0.000000168. The maximum absolute atomic E-state index is 12.8. The fourth-order valence-electron chi connectivity index (χ4n) is 9.49. The van der Waals surface area contributed by atoms with Gasteiger partial charge in [0.25, 0.3) is 24.2 Å². The fourth-order valence-corrected chi connectivity index (χ4v) is 9.49. The summed E-state index contributed by atoms with van der Waals surface area (Å²) in [7, 11) is 1.33. The van der Waals surface area contributed by atoms with Crippen LogP contribution in [0.1, 0.15) is 78.8 Å². The van der Waals surface area contributed by atoms with Gasteiger partial charge >= 0.3 is 17.9 Å². The normalized spacial score (nSPS) is 10.3. The molecule has 5 N–H and O–H groups in total. The molecule has 103 heavy (non-hydrogen) atoms. The summed E-state index contributed by atoms with van der Waals surface area (Å²) in [5.74, 6) is 3.96. The second-order valence-electron chi connectivity index (χ2n) is 22.4. The van der Waals surface area contributed by atoms with E-state index in [2.05, 4.69) is 16.0 Å². The maximum atomic E-state index is 12.8. The van der Waals surface area contributed by atoms with Gasteiger partial charge in [-0.1, -0.05) is 54.6 Å². The SMILES string of the molecule is COC(=O)c1ccc(C)c(Oc2ccc(NC(=O)c3ccc(Oc4cc(COC=O)ccc4C)cc3)cc2)c1.O=C(Nc1ccc(Oc2ccccc2)cc1)c1ccc(Oc2ccccc2)cc1.O=C(O)c1ccc(Oc2ccc(NC(=O)c3ccc(Oc4ccc(C(=O)O)cc4)cc3)cc2)cc1. The molecule has 0 aliphatic carbocycles. The molecule has 0 bridgehead atoms. The third-order valence-electron chi connectivity index (χ3n) is 15.0. The van der Waals surface area contributed by atoms with Crippen LogP contribution >= 0.6 is 0 Å². The van der Waals surface area contributed by atoms with E-state index in [1.807, 2.05) is 117 Å². The fraction of sp³-hybridized carbons (Fsp3) is 0.0482. The number of carboxylic acids is 2. The lowest BCUT2D eigenvalue weighted by atomic mass is 10.1. The van der Waals surface area contributed by atoms with Crippen LogP contribution in [0.15, 0.2) is 291 Å². The molecule has 0 atom stereocenters. The number of ether oxygens (including phenoxy) is 8. The molecule has 0 fully saturated rings. The van der Waals surface area contributed by atoms with Gasteiger partial charge in [0.15, 0.2) is 0 Å². The summed E-state index contributed by atoms with van der Waals surface area (Å²) in [6, 6.07) is 83.0. The number of methoxy groups -OCH3 is 1. The number of carbonyl (C=O) groups is 7. The highest BCUT2D eigenvalue weighted by Gasteiger charge is 2.15. The standard InChI is InChI=1S/C31H27NO7.C27H19NO7.C25H19NO3/c1-20-4-6-22(18-37-19-33)16-28(20)38-26-12-8-23(9-13-26)30(34)32-25-10-14-27(15-11-25)39-29-17-24(31(35)36-3)7-5-21(29)2;29-25(17-1-9-21(10-2-17)34-22-11-3-18(4-12-22)26(30)31)28-20-7-15-24(16-8-20)35-23-13-5-19(6-14-23)27(32)33;27-25(19-11-15-23(16-12-19)28-21-7-3-1-4-8-21)26-20-13-17-24(18-14-20)29-22-9-5-2-6-10-22/h4-17,19H,18H2,1-3H3,(H,32,34);1-16H,(H,28,29)(H,30,31)(H,32,33);1-18H,(H,26,27). The Morgan fingerprint density at radius 3 is 0.903 bits per heavy atom.